The lowest BCUT2D eigenvalue weighted by Crippen LogP contribution is -2.49. The van der Waals surface area contributed by atoms with Crippen LogP contribution in [0.15, 0.2) is 0 Å². The molecule has 0 saturated carbocycles. The molecule has 0 radical (unpaired) electrons. The number of halogens is 10. The van der Waals surface area contributed by atoms with Crippen molar-refractivity contribution in [3.05, 3.63) is 69.3 Å². The molecule has 2 rings (SSSR count). The Morgan fingerprint density at radius 3 is 1.05 bits per heavy atom. The van der Waals surface area contributed by atoms with Crippen LogP contribution in [0.5, 0.6) is 0 Å². The number of rotatable bonds is 29. The molecule has 2 aromatic rings. The number of benzene rings is 2. The summed E-state index contributed by atoms with van der Waals surface area (Å²) < 4.78 is 152. The quantitative estimate of drug-likeness (QED) is 0.0383. The Kier molecular flexibility index (Phi) is 26.3. The van der Waals surface area contributed by atoms with Crippen LogP contribution in [-0.4, -0.2) is 36.6 Å². The van der Waals surface area contributed by atoms with Crippen molar-refractivity contribution in [2.45, 2.75) is 183 Å². The van der Waals surface area contributed by atoms with Crippen molar-refractivity contribution in [2.24, 2.45) is 23.7 Å². The first-order valence-electron chi connectivity index (χ1n) is 22.2. The Morgan fingerprint density at radius 1 is 0.443 bits per heavy atom. The molecule has 354 valence electrons. The van der Waals surface area contributed by atoms with Gasteiger partial charge in [0.1, 0.15) is 0 Å². The summed E-state index contributed by atoms with van der Waals surface area (Å²) in [7, 11) is 1.63. The van der Waals surface area contributed by atoms with E-state index < -0.39 is 93.7 Å². The number of hydrogen-bond donors (Lipinski definition) is 1. The topological polar surface area (TPSA) is 47.9 Å². The molecule has 0 saturated heterocycles. The minimum Gasteiger partial charge on any atom is -0.389 e. The second-order valence-corrected chi connectivity index (χ2v) is 16.8. The van der Waals surface area contributed by atoms with Crippen molar-refractivity contribution in [1.29, 1.82) is 0 Å². The minimum atomic E-state index is -2.19. The molecule has 14 heteroatoms. The van der Waals surface area contributed by atoms with E-state index >= 15 is 0 Å². The van der Waals surface area contributed by atoms with Gasteiger partial charge in [-0.25, -0.2) is 43.9 Å². The predicted molar refractivity (Wildman–Crippen MR) is 220 cm³/mol. The summed E-state index contributed by atoms with van der Waals surface area (Å²) in [5.74, 6) is -20.3. The van der Waals surface area contributed by atoms with Gasteiger partial charge in [-0.05, 0) is 37.5 Å². The molecule has 4 nitrogen and oxygen atoms in total. The Balaban J connectivity index is 0.000000610. The Morgan fingerprint density at radius 2 is 0.738 bits per heavy atom. The van der Waals surface area contributed by atoms with Gasteiger partial charge in [0, 0.05) is 18.9 Å². The minimum absolute atomic E-state index is 0.0404. The number of methoxy groups -OCH3 is 1. The zero-order chi connectivity index (χ0) is 46.5. The van der Waals surface area contributed by atoms with Crippen LogP contribution in [0.3, 0.4) is 0 Å². The maximum atomic E-state index is 13.9. The normalized spacial score (nSPS) is 13.3. The molecule has 0 spiro atoms. The summed E-state index contributed by atoms with van der Waals surface area (Å²) in [6.45, 7) is 14.5. The molecule has 2 unspecified atom stereocenters. The van der Waals surface area contributed by atoms with Gasteiger partial charge >= 0.3 is 0 Å². The number of ether oxygens (including phenoxy) is 3. The molecule has 1 N–H and O–H groups in total. The van der Waals surface area contributed by atoms with E-state index in [-0.39, 0.29) is 36.9 Å². The molecule has 0 amide bonds. The third-order valence-electron chi connectivity index (χ3n) is 12.4. The average molecular weight is 891 g/mol. The van der Waals surface area contributed by atoms with Crippen LogP contribution in [0.4, 0.5) is 43.9 Å². The molecule has 0 aliphatic rings. The van der Waals surface area contributed by atoms with Crippen LogP contribution in [0.25, 0.3) is 0 Å². The summed E-state index contributed by atoms with van der Waals surface area (Å²) in [6, 6.07) is 0. The summed E-state index contributed by atoms with van der Waals surface area (Å²) in [5.41, 5.74) is -3.48. The van der Waals surface area contributed by atoms with E-state index in [4.69, 9.17) is 14.2 Å². The number of hydrogen-bond acceptors (Lipinski definition) is 4. The third-order valence-corrected chi connectivity index (χ3v) is 12.4. The van der Waals surface area contributed by atoms with Crippen LogP contribution >= 0.6 is 0 Å². The van der Waals surface area contributed by atoms with Crippen LogP contribution < -0.4 is 0 Å². The molecule has 0 fully saturated rings. The highest BCUT2D eigenvalue weighted by Crippen LogP contribution is 2.38. The average Bonchev–Trinajstić information content (AvgIpc) is 3.24. The van der Waals surface area contributed by atoms with Crippen molar-refractivity contribution in [2.75, 3.05) is 20.3 Å². The van der Waals surface area contributed by atoms with Crippen LogP contribution in [-0.2, 0) is 27.4 Å². The van der Waals surface area contributed by atoms with Gasteiger partial charge < -0.3 is 19.3 Å². The molecule has 0 aliphatic carbocycles. The summed E-state index contributed by atoms with van der Waals surface area (Å²) in [4.78, 5) is 0. The largest absolute Gasteiger partial charge is 0.389 e. The van der Waals surface area contributed by atoms with Crippen LogP contribution in [0, 0.1) is 81.8 Å². The van der Waals surface area contributed by atoms with Gasteiger partial charge in [-0.2, -0.15) is 0 Å². The van der Waals surface area contributed by atoms with E-state index in [1.54, 1.807) is 7.11 Å². The van der Waals surface area contributed by atoms with E-state index in [1.807, 2.05) is 41.5 Å². The van der Waals surface area contributed by atoms with Gasteiger partial charge in [0.25, 0.3) is 0 Å². The molecular formula is C47H72F10O4. The Hall–Kier alpha value is -2.42. The Labute approximate surface area is 358 Å². The zero-order valence-electron chi connectivity index (χ0n) is 37.9. The molecule has 2 aromatic carbocycles. The van der Waals surface area contributed by atoms with Crippen molar-refractivity contribution < 1.29 is 63.2 Å². The molecule has 61 heavy (non-hydrogen) atoms. The van der Waals surface area contributed by atoms with E-state index in [1.165, 1.54) is 25.7 Å². The van der Waals surface area contributed by atoms with Gasteiger partial charge in [0.05, 0.1) is 48.8 Å². The highest BCUT2D eigenvalue weighted by molar-refractivity contribution is 5.24. The number of aliphatic hydroxyl groups is 1. The van der Waals surface area contributed by atoms with Crippen LogP contribution in [0.2, 0.25) is 0 Å². The standard InChI is InChI=1S/C24H37F5O2.C23H35F5O2/c1-6-7-8-9-10-11-12-17(24(30,15(2)3)16(4)5)13-31-14-18-19(25)21(27)23(29)22(28)20(18)26;1-5-8-9-10-11-12-13-16(23(6-2,7-3)29-4)14-30-15-17-18(24)20(26)22(28)21(27)19(17)25/h15-17,30H,6-14H2,1-5H3;16H,5-15H2,1-4H3. The molecule has 0 aliphatic heterocycles. The Bertz CT molecular complexity index is 1490. The third kappa shape index (κ3) is 15.7. The molecule has 0 heterocycles. The fourth-order valence-corrected chi connectivity index (χ4v) is 8.34. The number of unbranched alkanes of at least 4 members (excludes halogenated alkanes) is 10. The summed E-state index contributed by atoms with van der Waals surface area (Å²) in [5, 5.41) is 11.4. The lowest BCUT2D eigenvalue weighted by atomic mass is 9.70. The first-order valence-corrected chi connectivity index (χ1v) is 22.2. The first-order chi connectivity index (χ1) is 28.8. The molecular weight excluding hydrogens is 818 g/mol. The second kappa shape index (κ2) is 28.4. The fraction of sp³-hybridized carbons (Fsp3) is 0.745. The molecule has 0 aromatic heterocycles. The maximum absolute atomic E-state index is 13.9. The lowest BCUT2D eigenvalue weighted by molar-refractivity contribution is -0.122. The second-order valence-electron chi connectivity index (χ2n) is 16.8. The van der Waals surface area contributed by atoms with E-state index in [2.05, 4.69) is 13.8 Å². The smallest absolute Gasteiger partial charge is 0.200 e. The molecule has 2 atom stereocenters. The van der Waals surface area contributed by atoms with Crippen molar-refractivity contribution in [1.82, 2.24) is 0 Å². The van der Waals surface area contributed by atoms with Gasteiger partial charge in [0.2, 0.25) is 11.6 Å². The highest BCUT2D eigenvalue weighted by atomic mass is 19.2. The predicted octanol–water partition coefficient (Wildman–Crippen LogP) is 14.8. The summed E-state index contributed by atoms with van der Waals surface area (Å²) in [6.07, 6.45) is 16.1. The first kappa shape index (κ1) is 56.6. The zero-order valence-corrected chi connectivity index (χ0v) is 37.9. The van der Waals surface area contributed by atoms with E-state index in [0.717, 1.165) is 70.6 Å². The van der Waals surface area contributed by atoms with E-state index in [0.29, 0.717) is 6.42 Å². The van der Waals surface area contributed by atoms with E-state index in [9.17, 15) is 49.0 Å². The highest BCUT2D eigenvalue weighted by Gasteiger charge is 2.42. The maximum Gasteiger partial charge on any atom is 0.200 e. The van der Waals surface area contributed by atoms with Gasteiger partial charge in [-0.1, -0.05) is 132 Å². The fourth-order valence-electron chi connectivity index (χ4n) is 8.34. The van der Waals surface area contributed by atoms with Gasteiger partial charge in [-0.3, -0.25) is 0 Å². The SMILES string of the molecule is CCCCCCCCC(COCc1c(F)c(F)c(F)c(F)c1F)C(CC)(CC)OC.CCCCCCCCC(COCc1c(F)c(F)c(F)c(F)c1F)C(O)(C(C)C)C(C)C. The summed E-state index contributed by atoms with van der Waals surface area (Å²) >= 11 is 0. The van der Waals surface area contributed by atoms with Crippen molar-refractivity contribution in [3.8, 4) is 0 Å². The monoisotopic (exact) mass is 891 g/mol. The molecule has 0 bridgehead atoms. The van der Waals surface area contributed by atoms with Crippen LogP contribution in [0.1, 0.15) is 169 Å². The van der Waals surface area contributed by atoms with Gasteiger partial charge in [0.15, 0.2) is 46.5 Å². The lowest BCUT2D eigenvalue weighted by Gasteiger charge is -2.43. The van der Waals surface area contributed by atoms with Crippen molar-refractivity contribution >= 4 is 0 Å². The van der Waals surface area contributed by atoms with Crippen molar-refractivity contribution in [3.63, 3.8) is 0 Å². The van der Waals surface area contributed by atoms with Gasteiger partial charge in [-0.15, -0.1) is 0 Å².